The van der Waals surface area contributed by atoms with Crippen molar-refractivity contribution in [2.45, 2.75) is 0 Å². The highest BCUT2D eigenvalue weighted by Crippen LogP contribution is 1.97. The van der Waals surface area contributed by atoms with Gasteiger partial charge in [-0.15, -0.1) is 0 Å². The van der Waals surface area contributed by atoms with Gasteiger partial charge in [-0.25, -0.2) is 10.1 Å². The van der Waals surface area contributed by atoms with Crippen molar-refractivity contribution in [2.75, 3.05) is 6.54 Å². The number of hydroxylamine groups is 1. The Morgan fingerprint density at radius 3 is 3.00 bits per heavy atom. The molecule has 1 aliphatic heterocycles. The Labute approximate surface area is 45.2 Å². The van der Waals surface area contributed by atoms with Crippen LogP contribution in [0.2, 0.25) is 0 Å². The minimum atomic E-state index is -0.642. The summed E-state index contributed by atoms with van der Waals surface area (Å²) in [7, 11) is 0. The Hall–Kier alpha value is -1.26. The average molecular weight is 115 g/mol. The molecule has 0 amide bonds. The zero-order valence-electron chi connectivity index (χ0n) is 3.90. The summed E-state index contributed by atoms with van der Waals surface area (Å²) in [5.74, 6) is 0. The van der Waals surface area contributed by atoms with Gasteiger partial charge in [-0.05, 0) is 6.08 Å². The molecule has 5 heteroatoms. The number of hydrogen-bond donors (Lipinski definition) is 0. The molecule has 1 radical (unpaired) electrons. The van der Waals surface area contributed by atoms with Crippen molar-refractivity contribution in [1.29, 1.82) is 0 Å². The molecule has 0 aromatic heterocycles. The molecule has 0 aromatic carbocycles. The summed E-state index contributed by atoms with van der Waals surface area (Å²) in [6.07, 6.45) is 3.65. The first kappa shape index (κ1) is 4.89. The molecule has 0 atom stereocenters. The number of nitrogens with zero attached hydrogens (tertiary/aromatic N) is 2. The molecule has 1 heterocycles. The molecule has 43 valence electrons. The number of hydrazine groups is 1. The Kier molecular flexibility index (Phi) is 1.03. The molecule has 0 spiro atoms. The van der Waals surface area contributed by atoms with Crippen LogP contribution in [0, 0.1) is 16.4 Å². The first-order valence-corrected chi connectivity index (χ1v) is 1.96. The molecule has 8 heavy (non-hydrogen) atoms. The van der Waals surface area contributed by atoms with Crippen molar-refractivity contribution in [2.24, 2.45) is 0 Å². The van der Waals surface area contributed by atoms with E-state index in [1.807, 2.05) is 0 Å². The highest BCUT2D eigenvalue weighted by molar-refractivity contribution is 4.71. The van der Waals surface area contributed by atoms with Gasteiger partial charge in [0.15, 0.2) is 5.03 Å². The van der Waals surface area contributed by atoms with Gasteiger partial charge in [0.1, 0.15) is 6.54 Å². The fourth-order valence-electron chi connectivity index (χ4n) is 0.351. The predicted molar refractivity (Wildman–Crippen MR) is 22.6 cm³/mol. The van der Waals surface area contributed by atoms with Crippen molar-refractivity contribution in [3.8, 4) is 0 Å². The summed E-state index contributed by atoms with van der Waals surface area (Å²) in [6.45, 7) is 0.174. The molecule has 0 bridgehead atoms. The van der Waals surface area contributed by atoms with Crippen LogP contribution in [0.5, 0.6) is 0 Å². The van der Waals surface area contributed by atoms with E-state index in [1.54, 1.807) is 0 Å². The summed E-state index contributed by atoms with van der Waals surface area (Å²) < 4.78 is 0. The van der Waals surface area contributed by atoms with Gasteiger partial charge in [-0.1, -0.05) is 0 Å². The Morgan fingerprint density at radius 2 is 2.75 bits per heavy atom. The minimum absolute atomic E-state index is 0.174. The van der Waals surface area contributed by atoms with E-state index in [0.29, 0.717) is 5.17 Å². The van der Waals surface area contributed by atoms with E-state index < -0.39 is 5.03 Å². The normalized spacial score (nSPS) is 16.2. The molecule has 0 unspecified atom stereocenters. The van der Waals surface area contributed by atoms with Gasteiger partial charge in [0, 0.05) is 0 Å². The van der Waals surface area contributed by atoms with Crippen LogP contribution < -0.4 is 0 Å². The third-order valence-corrected chi connectivity index (χ3v) is 0.671. The molecule has 0 fully saturated rings. The Bertz CT molecular complexity index is 124. The maximum atomic E-state index is 9.75. The second-order valence-corrected chi connectivity index (χ2v) is 1.19. The van der Waals surface area contributed by atoms with Gasteiger partial charge in [-0.3, -0.25) is 0 Å². The summed E-state index contributed by atoms with van der Waals surface area (Å²) in [6, 6.07) is 0. The number of rotatable bonds is 1. The fourth-order valence-corrected chi connectivity index (χ4v) is 0.351. The highest BCUT2D eigenvalue weighted by atomic mass is 16.8. The van der Waals surface area contributed by atoms with Crippen LogP contribution in [-0.4, -0.2) is 16.7 Å². The van der Waals surface area contributed by atoms with Crippen molar-refractivity contribution >= 4 is 0 Å². The first-order valence-electron chi connectivity index (χ1n) is 1.96. The molecule has 5 nitrogen and oxygen atoms in total. The van der Waals surface area contributed by atoms with E-state index in [9.17, 15) is 10.1 Å². The van der Waals surface area contributed by atoms with Crippen LogP contribution in [0.25, 0.3) is 0 Å². The van der Waals surface area contributed by atoms with Gasteiger partial charge >= 0.3 is 0 Å². The van der Waals surface area contributed by atoms with Gasteiger partial charge in [0.05, 0.1) is 5.17 Å². The van der Waals surface area contributed by atoms with Crippen LogP contribution in [0.1, 0.15) is 0 Å². The van der Waals surface area contributed by atoms with E-state index in [1.165, 1.54) is 6.08 Å². The lowest BCUT2D eigenvalue weighted by Gasteiger charge is -2.00. The van der Waals surface area contributed by atoms with Gasteiger partial charge in [0.25, 0.3) is 0 Å². The smallest absolute Gasteiger partial charge is 0.204 e. The van der Waals surface area contributed by atoms with Crippen molar-refractivity contribution < 1.29 is 9.87 Å². The maximum absolute atomic E-state index is 9.75. The third-order valence-electron chi connectivity index (χ3n) is 0.671. The van der Waals surface area contributed by atoms with E-state index in [0.717, 1.165) is 0 Å². The van der Waals surface area contributed by atoms with Crippen LogP contribution >= 0.6 is 0 Å². The zero-order valence-corrected chi connectivity index (χ0v) is 3.90. The monoisotopic (exact) mass is 115 g/mol. The Balaban J connectivity index is 2.41. The van der Waals surface area contributed by atoms with E-state index in [4.69, 9.17) is 0 Å². The minimum Gasteiger partial charge on any atom is -0.324 e. The van der Waals surface area contributed by atoms with Crippen LogP contribution in [0.15, 0.2) is 6.08 Å². The molecule has 0 aromatic rings. The van der Waals surface area contributed by atoms with Crippen molar-refractivity contribution in [1.82, 2.24) is 5.17 Å². The zero-order chi connectivity index (χ0) is 5.98. The largest absolute Gasteiger partial charge is 0.324 e. The van der Waals surface area contributed by atoms with Crippen LogP contribution in [0.3, 0.4) is 0 Å². The molecule has 0 N–H and O–H groups in total. The second kappa shape index (κ2) is 1.69. The fraction of sp³-hybridized carbons (Fsp3) is 0.333. The second-order valence-electron chi connectivity index (χ2n) is 1.19. The third kappa shape index (κ3) is 0.699. The van der Waals surface area contributed by atoms with Gasteiger partial charge in [0.2, 0.25) is 6.26 Å². The average Bonchev–Trinajstić information content (AvgIpc) is 2.12. The standard InChI is InChI=1S/C3H3N2O3/c6-5(7)4-2-1-3-8-4/h1H,2H2. The summed E-state index contributed by atoms with van der Waals surface area (Å²) in [4.78, 5) is 14.0. The number of nitro groups is 1. The van der Waals surface area contributed by atoms with Crippen molar-refractivity contribution in [3.63, 3.8) is 0 Å². The summed E-state index contributed by atoms with van der Waals surface area (Å²) in [5, 5.41) is 9.69. The first-order chi connectivity index (χ1) is 3.80. The molecular formula is C3H3N2O3. The van der Waals surface area contributed by atoms with E-state index in [-0.39, 0.29) is 6.54 Å². The molecule has 0 aliphatic carbocycles. The molecule has 1 aliphatic rings. The highest BCUT2D eigenvalue weighted by Gasteiger charge is 2.16. The lowest BCUT2D eigenvalue weighted by atomic mass is 10.7. The molecule has 0 saturated heterocycles. The van der Waals surface area contributed by atoms with Crippen molar-refractivity contribution in [3.05, 3.63) is 22.5 Å². The lowest BCUT2D eigenvalue weighted by Crippen LogP contribution is -2.24. The van der Waals surface area contributed by atoms with Gasteiger partial charge in [-0.2, -0.15) is 0 Å². The summed E-state index contributed by atoms with van der Waals surface area (Å²) in [5.41, 5.74) is 0. The lowest BCUT2D eigenvalue weighted by molar-refractivity contribution is -0.722. The SMILES string of the molecule is O=[N+]([O-])N1CC=[C]O1. The Morgan fingerprint density at radius 1 is 2.00 bits per heavy atom. The van der Waals surface area contributed by atoms with E-state index >= 15 is 0 Å². The van der Waals surface area contributed by atoms with Gasteiger partial charge < -0.3 is 4.84 Å². The molecule has 0 saturated carbocycles. The quantitative estimate of drug-likeness (QED) is 0.349. The molecule has 1 rings (SSSR count). The number of hydrogen-bond acceptors (Lipinski definition) is 3. The molecular weight excluding hydrogens is 112 g/mol. The van der Waals surface area contributed by atoms with E-state index in [2.05, 4.69) is 11.1 Å². The van der Waals surface area contributed by atoms with Crippen LogP contribution in [-0.2, 0) is 4.84 Å². The topological polar surface area (TPSA) is 55.6 Å². The summed E-state index contributed by atoms with van der Waals surface area (Å²) >= 11 is 0. The maximum Gasteiger partial charge on any atom is 0.204 e. The predicted octanol–water partition coefficient (Wildman–Crippen LogP) is -0.258. The van der Waals surface area contributed by atoms with Crippen LogP contribution in [0.4, 0.5) is 0 Å².